The van der Waals surface area contributed by atoms with Crippen molar-refractivity contribution in [3.8, 4) is 0 Å². The molecule has 0 aliphatic heterocycles. The van der Waals surface area contributed by atoms with Crippen molar-refractivity contribution in [3.05, 3.63) is 47.5 Å². The highest BCUT2D eigenvalue weighted by Crippen LogP contribution is 2.19. The number of aromatic amines is 1. The highest BCUT2D eigenvalue weighted by Gasteiger charge is 2.22. The van der Waals surface area contributed by atoms with Crippen LogP contribution in [0.5, 0.6) is 0 Å². The van der Waals surface area contributed by atoms with Gasteiger partial charge in [0.25, 0.3) is 0 Å². The van der Waals surface area contributed by atoms with Crippen molar-refractivity contribution < 1.29 is 9.18 Å². The van der Waals surface area contributed by atoms with Gasteiger partial charge in [0.1, 0.15) is 5.82 Å². The molecule has 1 amide bonds. The second-order valence-electron chi connectivity index (χ2n) is 6.14. The van der Waals surface area contributed by atoms with Crippen LogP contribution in [0.2, 0.25) is 0 Å². The van der Waals surface area contributed by atoms with Crippen molar-refractivity contribution in [2.75, 3.05) is 5.32 Å². The first-order valence-electron chi connectivity index (χ1n) is 7.93. The van der Waals surface area contributed by atoms with Gasteiger partial charge in [-0.25, -0.2) is 4.39 Å². The fourth-order valence-electron chi connectivity index (χ4n) is 3.04. The molecule has 1 heterocycles. The van der Waals surface area contributed by atoms with E-state index in [1.807, 2.05) is 13.1 Å². The topological polar surface area (TPSA) is 69.8 Å². The zero-order chi connectivity index (χ0) is 16.2. The molecule has 0 saturated carbocycles. The fraction of sp³-hybridized carbons (Fsp3) is 0.412. The summed E-state index contributed by atoms with van der Waals surface area (Å²) in [6.45, 7) is 2.01. The van der Waals surface area contributed by atoms with Gasteiger partial charge in [-0.3, -0.25) is 9.89 Å². The highest BCUT2D eigenvalue weighted by atomic mass is 19.1. The summed E-state index contributed by atoms with van der Waals surface area (Å²) in [6.07, 6.45) is 5.23. The summed E-state index contributed by atoms with van der Waals surface area (Å²) in [6, 6.07) is 6.24. The van der Waals surface area contributed by atoms with Gasteiger partial charge in [0.15, 0.2) is 0 Å². The summed E-state index contributed by atoms with van der Waals surface area (Å²) in [5.74, 6) is -0.384. The monoisotopic (exact) mass is 316 g/mol. The lowest BCUT2D eigenvalue weighted by atomic mass is 9.93. The molecule has 1 aliphatic carbocycles. The number of hydrogen-bond acceptors (Lipinski definition) is 3. The maximum Gasteiger partial charge on any atom is 0.225 e. The number of benzene rings is 1. The number of rotatable bonds is 5. The molecule has 2 aromatic rings. The molecule has 2 atom stereocenters. The minimum absolute atomic E-state index is 0.0728. The molecule has 122 valence electrons. The molecule has 0 radical (unpaired) electrons. The van der Waals surface area contributed by atoms with Gasteiger partial charge in [-0.1, -0.05) is 0 Å². The van der Waals surface area contributed by atoms with Crippen LogP contribution in [0.4, 0.5) is 10.1 Å². The lowest BCUT2D eigenvalue weighted by Crippen LogP contribution is -2.41. The molecule has 0 fully saturated rings. The van der Waals surface area contributed by atoms with Crippen molar-refractivity contribution in [1.29, 1.82) is 0 Å². The summed E-state index contributed by atoms with van der Waals surface area (Å²) in [5, 5.41) is 13.4. The van der Waals surface area contributed by atoms with E-state index in [9.17, 15) is 9.18 Å². The van der Waals surface area contributed by atoms with Crippen LogP contribution in [0.3, 0.4) is 0 Å². The fourth-order valence-corrected chi connectivity index (χ4v) is 3.04. The smallest absolute Gasteiger partial charge is 0.225 e. The Morgan fingerprint density at radius 2 is 2.22 bits per heavy atom. The van der Waals surface area contributed by atoms with Gasteiger partial charge in [0, 0.05) is 29.9 Å². The molecule has 0 bridgehead atoms. The summed E-state index contributed by atoms with van der Waals surface area (Å²) in [5.41, 5.74) is 3.10. The summed E-state index contributed by atoms with van der Waals surface area (Å²) < 4.78 is 12.8. The van der Waals surface area contributed by atoms with Gasteiger partial charge in [0.2, 0.25) is 5.91 Å². The first-order chi connectivity index (χ1) is 11.1. The number of anilines is 1. The van der Waals surface area contributed by atoms with E-state index in [4.69, 9.17) is 0 Å². The number of hydrogen-bond donors (Lipinski definition) is 3. The molecule has 23 heavy (non-hydrogen) atoms. The van der Waals surface area contributed by atoms with Crippen LogP contribution in [0.25, 0.3) is 0 Å². The molecule has 3 N–H and O–H groups in total. The van der Waals surface area contributed by atoms with Crippen LogP contribution < -0.4 is 10.6 Å². The molecule has 3 rings (SSSR count). The lowest BCUT2D eigenvalue weighted by Gasteiger charge is -2.26. The Bertz CT molecular complexity index is 667. The van der Waals surface area contributed by atoms with E-state index in [2.05, 4.69) is 20.8 Å². The standard InChI is InChI=1S/C17H21FN4O/c1-11(8-17(23)21-14-4-2-13(18)3-5-14)20-15-6-7-16-12(9-15)10-19-22-16/h2-5,10-11,15,20H,6-9H2,1H3,(H,19,22)(H,21,23)/t11-,15-/m1/s1. The van der Waals surface area contributed by atoms with Gasteiger partial charge >= 0.3 is 0 Å². The maximum absolute atomic E-state index is 12.8. The predicted octanol–water partition coefficient (Wildman–Crippen LogP) is 2.41. The Morgan fingerprint density at radius 1 is 1.43 bits per heavy atom. The number of halogens is 1. The summed E-state index contributed by atoms with van der Waals surface area (Å²) in [7, 11) is 0. The van der Waals surface area contributed by atoms with Crippen LogP contribution in [-0.2, 0) is 17.6 Å². The van der Waals surface area contributed by atoms with E-state index >= 15 is 0 Å². The molecule has 0 spiro atoms. The molecule has 1 aromatic heterocycles. The van der Waals surface area contributed by atoms with Crippen LogP contribution >= 0.6 is 0 Å². The second-order valence-corrected chi connectivity index (χ2v) is 6.14. The number of carbonyl (C=O) groups excluding carboxylic acids is 1. The van der Waals surface area contributed by atoms with E-state index in [0.717, 1.165) is 19.3 Å². The molecule has 6 heteroatoms. The Balaban J connectivity index is 1.46. The van der Waals surface area contributed by atoms with Gasteiger partial charge in [0.05, 0.1) is 6.20 Å². The number of aromatic nitrogens is 2. The predicted molar refractivity (Wildman–Crippen MR) is 86.6 cm³/mol. The van der Waals surface area contributed by atoms with Crippen molar-refractivity contribution >= 4 is 11.6 Å². The Labute approximate surface area is 134 Å². The quantitative estimate of drug-likeness (QED) is 0.793. The number of aryl methyl sites for hydroxylation is 1. The first-order valence-corrected chi connectivity index (χ1v) is 7.93. The average Bonchev–Trinajstić information content (AvgIpc) is 2.97. The van der Waals surface area contributed by atoms with Crippen LogP contribution in [0, 0.1) is 5.82 Å². The lowest BCUT2D eigenvalue weighted by molar-refractivity contribution is -0.116. The summed E-state index contributed by atoms with van der Waals surface area (Å²) >= 11 is 0. The number of amides is 1. The molecule has 0 saturated heterocycles. The minimum atomic E-state index is -0.311. The van der Waals surface area contributed by atoms with E-state index < -0.39 is 0 Å². The van der Waals surface area contributed by atoms with Gasteiger partial charge in [-0.15, -0.1) is 0 Å². The van der Waals surface area contributed by atoms with E-state index in [0.29, 0.717) is 18.2 Å². The summed E-state index contributed by atoms with van der Waals surface area (Å²) in [4.78, 5) is 12.0. The average molecular weight is 316 g/mol. The first kappa shape index (κ1) is 15.7. The number of carbonyl (C=O) groups is 1. The molecular weight excluding hydrogens is 295 g/mol. The molecule has 0 unspecified atom stereocenters. The highest BCUT2D eigenvalue weighted by molar-refractivity contribution is 5.91. The van der Waals surface area contributed by atoms with E-state index in [1.54, 1.807) is 12.1 Å². The third-order valence-electron chi connectivity index (χ3n) is 4.16. The van der Waals surface area contributed by atoms with E-state index in [-0.39, 0.29) is 17.8 Å². The van der Waals surface area contributed by atoms with Crippen molar-refractivity contribution in [2.45, 2.75) is 44.7 Å². The van der Waals surface area contributed by atoms with Crippen LogP contribution in [0.1, 0.15) is 31.0 Å². The molecular formula is C17H21FN4O. The number of H-pyrrole nitrogens is 1. The third-order valence-corrected chi connectivity index (χ3v) is 4.16. The molecule has 1 aromatic carbocycles. The number of nitrogens with zero attached hydrogens (tertiary/aromatic N) is 1. The Morgan fingerprint density at radius 3 is 3.00 bits per heavy atom. The Hall–Kier alpha value is -2.21. The zero-order valence-electron chi connectivity index (χ0n) is 13.1. The van der Waals surface area contributed by atoms with Gasteiger partial charge < -0.3 is 10.6 Å². The molecule has 1 aliphatic rings. The normalized spacial score (nSPS) is 18.3. The second kappa shape index (κ2) is 6.91. The van der Waals surface area contributed by atoms with Crippen LogP contribution in [-0.4, -0.2) is 28.2 Å². The van der Waals surface area contributed by atoms with Crippen molar-refractivity contribution in [1.82, 2.24) is 15.5 Å². The SMILES string of the molecule is C[C@H](CC(=O)Nc1ccc(F)cc1)N[C@@H]1CCc2[nH]ncc2C1. The van der Waals surface area contributed by atoms with Crippen LogP contribution in [0.15, 0.2) is 30.5 Å². The Kier molecular flexibility index (Phi) is 4.71. The number of nitrogens with one attached hydrogen (secondary N) is 3. The van der Waals surface area contributed by atoms with Gasteiger partial charge in [-0.05, 0) is 56.0 Å². The van der Waals surface area contributed by atoms with Crippen molar-refractivity contribution in [3.63, 3.8) is 0 Å². The maximum atomic E-state index is 12.8. The van der Waals surface area contributed by atoms with Crippen molar-refractivity contribution in [2.24, 2.45) is 0 Å². The third kappa shape index (κ3) is 4.16. The minimum Gasteiger partial charge on any atom is -0.326 e. The number of fused-ring (bicyclic) bond motifs is 1. The zero-order valence-corrected chi connectivity index (χ0v) is 13.1. The molecule has 5 nitrogen and oxygen atoms in total. The van der Waals surface area contributed by atoms with Gasteiger partial charge in [-0.2, -0.15) is 5.10 Å². The largest absolute Gasteiger partial charge is 0.326 e. The van der Waals surface area contributed by atoms with E-state index in [1.165, 1.54) is 23.4 Å².